The zero-order chi connectivity index (χ0) is 16.2. The van der Waals surface area contributed by atoms with Gasteiger partial charge in [0.2, 0.25) is 0 Å². The van der Waals surface area contributed by atoms with Crippen LogP contribution in [0.3, 0.4) is 0 Å². The number of benzene rings is 2. The summed E-state index contributed by atoms with van der Waals surface area (Å²) in [5, 5.41) is 0. The average Bonchev–Trinajstić information content (AvgIpc) is 3.13. The van der Waals surface area contributed by atoms with E-state index in [-0.39, 0.29) is 0 Å². The predicted octanol–water partition coefficient (Wildman–Crippen LogP) is 4.26. The third-order valence-electron chi connectivity index (χ3n) is 5.44. The number of hydrogen-bond acceptors (Lipinski definition) is 0. The topological polar surface area (TPSA) is 0 Å². The average molecular weight is 361 g/mol. The van der Waals surface area contributed by atoms with Crippen molar-refractivity contribution in [2.45, 2.75) is 38.2 Å². The van der Waals surface area contributed by atoms with E-state index in [0.717, 1.165) is 12.8 Å². The molecule has 0 bridgehead atoms. The summed E-state index contributed by atoms with van der Waals surface area (Å²) in [4.78, 5) is 0. The fraction of sp³-hybridized carbons (Fsp3) is 0.273. The number of rotatable bonds is 2. The minimum atomic E-state index is -2.32. The first-order valence-electron chi connectivity index (χ1n) is 8.58. The van der Waals surface area contributed by atoms with Crippen molar-refractivity contribution in [2.75, 3.05) is 0 Å². The van der Waals surface area contributed by atoms with E-state index >= 15 is 0 Å². The molecule has 4 rings (SSSR count). The van der Waals surface area contributed by atoms with Crippen LogP contribution in [-0.2, 0) is 12.8 Å². The van der Waals surface area contributed by atoms with Crippen LogP contribution in [0.5, 0.6) is 0 Å². The quantitative estimate of drug-likeness (QED) is 0.702. The van der Waals surface area contributed by atoms with Crippen molar-refractivity contribution in [1.29, 1.82) is 0 Å². The molecule has 0 aliphatic heterocycles. The Morgan fingerprint density at radius 3 is 1.57 bits per heavy atom. The summed E-state index contributed by atoms with van der Waals surface area (Å²) in [6, 6.07) is 9.68. The van der Waals surface area contributed by atoms with Gasteiger partial charge in [0.25, 0.3) is 0 Å². The van der Waals surface area contributed by atoms with E-state index in [2.05, 4.69) is 73.9 Å². The van der Waals surface area contributed by atoms with Crippen LogP contribution in [0.1, 0.15) is 33.4 Å². The Hall–Kier alpha value is -1.54. The van der Waals surface area contributed by atoms with Gasteiger partial charge in [0.05, 0.1) is 0 Å². The molecule has 0 nitrogen and oxygen atoms in total. The molecule has 0 amide bonds. The Labute approximate surface area is 142 Å². The zero-order valence-electron chi connectivity index (χ0n) is 14.5. The first-order chi connectivity index (χ1) is 11.0. The summed E-state index contributed by atoms with van der Waals surface area (Å²) in [5.74, 6) is 5.17. The third kappa shape index (κ3) is 2.35. The van der Waals surface area contributed by atoms with Gasteiger partial charge in [-0.2, -0.15) is 0 Å². The van der Waals surface area contributed by atoms with Crippen molar-refractivity contribution in [3.8, 4) is 0 Å². The monoisotopic (exact) mass is 362 g/mol. The molecule has 0 spiro atoms. The van der Waals surface area contributed by atoms with Gasteiger partial charge in [0.15, 0.2) is 0 Å². The van der Waals surface area contributed by atoms with E-state index in [9.17, 15) is 0 Å². The summed E-state index contributed by atoms with van der Waals surface area (Å²) in [5.41, 5.74) is 8.93. The van der Waals surface area contributed by atoms with Crippen LogP contribution in [0.4, 0.5) is 0 Å². The zero-order valence-corrected chi connectivity index (χ0v) is 16.6. The Morgan fingerprint density at radius 2 is 1.13 bits per heavy atom. The fourth-order valence-electron chi connectivity index (χ4n) is 4.31. The Morgan fingerprint density at radius 1 is 0.696 bits per heavy atom. The van der Waals surface area contributed by atoms with E-state index in [1.54, 1.807) is 19.9 Å². The van der Waals surface area contributed by atoms with Crippen LogP contribution in [0, 0.1) is 13.8 Å². The molecular formula is C22H24Ge. The first-order valence-corrected chi connectivity index (χ1v) is 14.9. The van der Waals surface area contributed by atoms with Gasteiger partial charge in [0.1, 0.15) is 0 Å². The van der Waals surface area contributed by atoms with Crippen molar-refractivity contribution in [3.05, 3.63) is 69.8 Å². The minimum absolute atomic E-state index is 1.12. The molecule has 116 valence electrons. The molecule has 0 aromatic heterocycles. The second kappa shape index (κ2) is 5.24. The molecule has 2 aliphatic rings. The maximum absolute atomic E-state index is 2.58. The summed E-state index contributed by atoms with van der Waals surface area (Å²) < 4.78 is 3.37. The van der Waals surface area contributed by atoms with Crippen molar-refractivity contribution in [1.82, 2.24) is 0 Å². The maximum atomic E-state index is 2.58. The molecule has 2 aromatic rings. The molecule has 0 unspecified atom stereocenters. The summed E-state index contributed by atoms with van der Waals surface area (Å²) >= 11 is -2.32. The molecule has 0 heterocycles. The Bertz CT molecular complexity index is 795. The normalized spacial score (nSPS) is 15.1. The molecule has 0 N–H and O–H groups in total. The van der Waals surface area contributed by atoms with Crippen molar-refractivity contribution >= 4 is 34.2 Å². The van der Waals surface area contributed by atoms with Crippen LogP contribution < -0.4 is 8.79 Å². The molecular weight excluding hydrogens is 337 g/mol. The molecule has 23 heavy (non-hydrogen) atoms. The summed E-state index contributed by atoms with van der Waals surface area (Å²) in [6.07, 6.45) is 11.5. The van der Waals surface area contributed by atoms with Crippen LogP contribution in [0.15, 0.2) is 36.4 Å². The predicted molar refractivity (Wildman–Crippen MR) is 105 cm³/mol. The van der Waals surface area contributed by atoms with Gasteiger partial charge in [-0.15, -0.1) is 0 Å². The SMILES string of the molecule is Cc1cc2c([c]([Ge]([CH3])([CH3])[c]3cc(C)cc4c3CC=C4)c1)CC=C2. The van der Waals surface area contributed by atoms with Gasteiger partial charge in [-0.05, 0) is 0 Å². The molecule has 2 aliphatic carbocycles. The van der Waals surface area contributed by atoms with Crippen LogP contribution in [0.2, 0.25) is 11.5 Å². The molecule has 0 radical (unpaired) electrons. The standard InChI is InChI=1S/C22H24Ge/c1-15-11-17-7-5-9-19(17)21(13-15)23(3,4)22-14-16(2)12-18-8-6-10-20(18)22/h5-8,11-14H,9-10H2,1-4H3. The first kappa shape index (κ1) is 15.0. The van der Waals surface area contributed by atoms with Gasteiger partial charge in [-0.25, -0.2) is 0 Å². The summed E-state index contributed by atoms with van der Waals surface area (Å²) in [7, 11) is 0. The van der Waals surface area contributed by atoms with E-state index < -0.39 is 13.3 Å². The van der Waals surface area contributed by atoms with Crippen LogP contribution in [0.25, 0.3) is 12.2 Å². The molecule has 0 saturated heterocycles. The number of hydrogen-bond donors (Lipinski definition) is 0. The van der Waals surface area contributed by atoms with Gasteiger partial charge in [-0.3, -0.25) is 0 Å². The Kier molecular flexibility index (Phi) is 3.42. The van der Waals surface area contributed by atoms with Crippen molar-refractivity contribution in [3.63, 3.8) is 0 Å². The van der Waals surface area contributed by atoms with Gasteiger partial charge < -0.3 is 0 Å². The second-order valence-corrected chi connectivity index (χ2v) is 16.7. The Balaban J connectivity index is 1.94. The molecule has 1 heteroatoms. The molecule has 2 aromatic carbocycles. The number of allylic oxidation sites excluding steroid dienone is 2. The van der Waals surface area contributed by atoms with E-state index in [4.69, 9.17) is 0 Å². The molecule has 0 fully saturated rings. The second-order valence-electron chi connectivity index (χ2n) is 7.60. The number of fused-ring (bicyclic) bond motifs is 2. The number of aryl methyl sites for hydroxylation is 2. The molecule has 0 atom stereocenters. The van der Waals surface area contributed by atoms with Gasteiger partial charge in [-0.1, -0.05) is 0 Å². The molecule has 0 saturated carbocycles. The fourth-order valence-corrected chi connectivity index (χ4v) is 11.6. The van der Waals surface area contributed by atoms with E-state index in [1.807, 2.05) is 0 Å². The van der Waals surface area contributed by atoms with Gasteiger partial charge >= 0.3 is 142 Å². The van der Waals surface area contributed by atoms with Crippen molar-refractivity contribution < 1.29 is 0 Å². The van der Waals surface area contributed by atoms with E-state index in [1.165, 1.54) is 22.3 Å². The summed E-state index contributed by atoms with van der Waals surface area (Å²) in [6.45, 7) is 4.49. The van der Waals surface area contributed by atoms with Crippen molar-refractivity contribution in [2.24, 2.45) is 0 Å². The van der Waals surface area contributed by atoms with Crippen LogP contribution in [-0.4, -0.2) is 13.3 Å². The third-order valence-corrected chi connectivity index (χ3v) is 13.0. The van der Waals surface area contributed by atoms with Gasteiger partial charge in [0, 0.05) is 0 Å². The van der Waals surface area contributed by atoms with E-state index in [0.29, 0.717) is 0 Å². The van der Waals surface area contributed by atoms with Crippen LogP contribution >= 0.6 is 0 Å².